The SMILES string of the molecule is CNc1ccc(F)c(Br)c1.COc1cc2c(Cc3ccncc3)nnc(N3CCN(CC=O)CC3)c2cc1OCCCCN1CCOCC1. The highest BCUT2D eigenvalue weighted by atomic mass is 79.9. The monoisotopic (exact) mass is 737 g/mol. The van der Waals surface area contributed by atoms with E-state index < -0.39 is 0 Å². The van der Waals surface area contributed by atoms with Crippen molar-refractivity contribution in [1.29, 1.82) is 0 Å². The van der Waals surface area contributed by atoms with Crippen molar-refractivity contribution < 1.29 is 23.4 Å². The van der Waals surface area contributed by atoms with E-state index in [-0.39, 0.29) is 5.82 Å². The van der Waals surface area contributed by atoms with Crippen molar-refractivity contribution in [2.75, 3.05) is 96.6 Å². The normalized spacial score (nSPS) is 15.4. The lowest BCUT2D eigenvalue weighted by molar-refractivity contribution is -0.108. The molecule has 2 fully saturated rings. The second-order valence-corrected chi connectivity index (χ2v) is 12.7. The molecule has 0 amide bonds. The number of hydrogen-bond acceptors (Lipinski definition) is 11. The molecule has 11 nitrogen and oxygen atoms in total. The van der Waals surface area contributed by atoms with E-state index in [4.69, 9.17) is 19.3 Å². The van der Waals surface area contributed by atoms with Crippen LogP contribution < -0.4 is 19.7 Å². The van der Waals surface area contributed by atoms with Crippen molar-refractivity contribution in [3.8, 4) is 11.5 Å². The molecule has 2 aliphatic rings. The summed E-state index contributed by atoms with van der Waals surface area (Å²) in [6, 6.07) is 12.9. The number of aldehydes is 1. The molecule has 6 rings (SSSR count). The van der Waals surface area contributed by atoms with Gasteiger partial charge in [-0.3, -0.25) is 14.8 Å². The Hall–Kier alpha value is -3.91. The third-order valence-electron chi connectivity index (χ3n) is 8.68. The molecule has 0 saturated carbocycles. The smallest absolute Gasteiger partial charge is 0.161 e. The number of methoxy groups -OCH3 is 1. The number of rotatable bonds is 13. The van der Waals surface area contributed by atoms with E-state index in [0.717, 1.165) is 117 Å². The zero-order valence-corrected chi connectivity index (χ0v) is 29.8. The van der Waals surface area contributed by atoms with Crippen LogP contribution in [0.4, 0.5) is 15.9 Å². The van der Waals surface area contributed by atoms with E-state index in [1.54, 1.807) is 38.7 Å². The number of ether oxygens (including phenoxy) is 3. The molecule has 0 spiro atoms. The van der Waals surface area contributed by atoms with E-state index in [2.05, 4.69) is 52.1 Å². The Balaban J connectivity index is 0.000000402. The molecule has 2 aromatic carbocycles. The van der Waals surface area contributed by atoms with E-state index in [0.29, 0.717) is 29.8 Å². The fraction of sp³-hybridized carbons (Fsp3) is 0.444. The molecule has 0 atom stereocenters. The molecular formula is C36H45BrFN7O4. The van der Waals surface area contributed by atoms with Crippen LogP contribution in [0.3, 0.4) is 0 Å². The van der Waals surface area contributed by atoms with E-state index in [1.807, 2.05) is 18.2 Å². The summed E-state index contributed by atoms with van der Waals surface area (Å²) in [5.74, 6) is 2.02. The number of fused-ring (bicyclic) bond motifs is 1. The van der Waals surface area contributed by atoms with Crippen LogP contribution in [0.5, 0.6) is 11.5 Å². The molecule has 13 heteroatoms. The Bertz CT molecular complexity index is 1640. The minimum Gasteiger partial charge on any atom is -0.493 e. The lowest BCUT2D eigenvalue weighted by Crippen LogP contribution is -2.47. The van der Waals surface area contributed by atoms with Crippen LogP contribution in [-0.4, -0.2) is 118 Å². The van der Waals surface area contributed by atoms with Crippen LogP contribution in [0.25, 0.3) is 10.8 Å². The Morgan fingerprint density at radius 1 is 0.939 bits per heavy atom. The highest BCUT2D eigenvalue weighted by Crippen LogP contribution is 2.38. The number of benzene rings is 2. The van der Waals surface area contributed by atoms with Crippen molar-refractivity contribution >= 4 is 44.5 Å². The number of unbranched alkanes of at least 4 members (excludes halogenated alkanes) is 1. The number of nitrogens with zero attached hydrogens (tertiary/aromatic N) is 6. The van der Waals surface area contributed by atoms with Gasteiger partial charge in [0.2, 0.25) is 0 Å². The van der Waals surface area contributed by atoms with Crippen molar-refractivity contribution in [3.63, 3.8) is 0 Å². The largest absolute Gasteiger partial charge is 0.493 e. The Morgan fingerprint density at radius 3 is 2.39 bits per heavy atom. The molecule has 0 aliphatic carbocycles. The zero-order valence-electron chi connectivity index (χ0n) is 28.2. The van der Waals surface area contributed by atoms with Gasteiger partial charge in [-0.2, -0.15) is 5.10 Å². The minimum atomic E-state index is -0.237. The quantitative estimate of drug-likeness (QED) is 0.147. The van der Waals surface area contributed by atoms with Gasteiger partial charge in [-0.25, -0.2) is 4.39 Å². The molecule has 49 heavy (non-hydrogen) atoms. The molecule has 1 N–H and O–H groups in total. The number of aromatic nitrogens is 3. The lowest BCUT2D eigenvalue weighted by Gasteiger charge is -2.34. The van der Waals surface area contributed by atoms with Crippen molar-refractivity contribution in [2.45, 2.75) is 19.3 Å². The predicted molar refractivity (Wildman–Crippen MR) is 193 cm³/mol. The van der Waals surface area contributed by atoms with E-state index in [9.17, 15) is 9.18 Å². The summed E-state index contributed by atoms with van der Waals surface area (Å²) >= 11 is 3.07. The van der Waals surface area contributed by atoms with Crippen LogP contribution in [0.1, 0.15) is 24.1 Å². The number of anilines is 2. The number of piperazine rings is 1. The third kappa shape index (κ3) is 10.3. The summed E-state index contributed by atoms with van der Waals surface area (Å²) < 4.78 is 30.6. The van der Waals surface area contributed by atoms with Crippen molar-refractivity contribution in [3.05, 3.63) is 76.4 Å². The van der Waals surface area contributed by atoms with Gasteiger partial charge in [0.05, 0.1) is 43.6 Å². The maximum absolute atomic E-state index is 12.6. The standard InChI is InChI=1S/C29H38N6O4.C7H7BrFN/c1-37-27-21-24-25(22-28(27)39-17-3-2-8-33-14-18-38-19-15-33)29(35-11-9-34(10-12-35)13-16-36)32-31-26(24)20-23-4-6-30-7-5-23;1-10-5-2-3-7(9)6(8)4-5/h4-7,16,21-22H,2-3,8-15,17-20H2,1H3;2-4,10H,1H3. The van der Waals surface area contributed by atoms with Crippen LogP contribution >= 0.6 is 15.9 Å². The zero-order chi connectivity index (χ0) is 34.4. The van der Waals surface area contributed by atoms with Gasteiger partial charge in [-0.1, -0.05) is 0 Å². The average Bonchev–Trinajstić information content (AvgIpc) is 3.14. The average molecular weight is 739 g/mol. The maximum Gasteiger partial charge on any atom is 0.161 e. The number of carbonyl (C=O) groups excluding carboxylic acids is 1. The van der Waals surface area contributed by atoms with E-state index in [1.165, 1.54) is 6.07 Å². The molecule has 2 aromatic heterocycles. The first kappa shape index (κ1) is 36.4. The molecule has 0 unspecified atom stereocenters. The number of carbonyl (C=O) groups is 1. The second-order valence-electron chi connectivity index (χ2n) is 11.9. The fourth-order valence-corrected chi connectivity index (χ4v) is 6.25. The fourth-order valence-electron chi connectivity index (χ4n) is 5.87. The molecule has 0 bridgehead atoms. The Morgan fingerprint density at radius 2 is 1.69 bits per heavy atom. The highest BCUT2D eigenvalue weighted by molar-refractivity contribution is 9.10. The van der Waals surface area contributed by atoms with Gasteiger partial charge < -0.3 is 29.2 Å². The molecule has 0 radical (unpaired) electrons. The van der Waals surface area contributed by atoms with Crippen LogP contribution in [-0.2, 0) is 16.0 Å². The summed E-state index contributed by atoms with van der Waals surface area (Å²) in [5, 5.41) is 14.3. The Labute approximate surface area is 295 Å². The summed E-state index contributed by atoms with van der Waals surface area (Å²) in [6.45, 7) is 9.00. The molecule has 262 valence electrons. The first-order valence-electron chi connectivity index (χ1n) is 16.7. The maximum atomic E-state index is 12.6. The highest BCUT2D eigenvalue weighted by Gasteiger charge is 2.23. The molecule has 4 aromatic rings. The first-order chi connectivity index (χ1) is 24.0. The van der Waals surface area contributed by atoms with Gasteiger partial charge in [0.25, 0.3) is 0 Å². The van der Waals surface area contributed by atoms with Gasteiger partial charge in [0.15, 0.2) is 17.3 Å². The summed E-state index contributed by atoms with van der Waals surface area (Å²) in [7, 11) is 3.47. The van der Waals surface area contributed by atoms with Crippen LogP contribution in [0.15, 0.2) is 59.3 Å². The van der Waals surface area contributed by atoms with Gasteiger partial charge >= 0.3 is 0 Å². The van der Waals surface area contributed by atoms with E-state index >= 15 is 0 Å². The van der Waals surface area contributed by atoms with Gasteiger partial charge in [0.1, 0.15) is 12.1 Å². The molecule has 2 aliphatic heterocycles. The third-order valence-corrected chi connectivity index (χ3v) is 9.29. The number of pyridine rings is 1. The second kappa shape index (κ2) is 18.7. The molecular weight excluding hydrogens is 693 g/mol. The van der Waals surface area contributed by atoms with Crippen molar-refractivity contribution in [2.24, 2.45) is 0 Å². The topological polar surface area (TPSA) is 105 Å². The van der Waals surface area contributed by atoms with Gasteiger partial charge in [-0.15, -0.1) is 5.10 Å². The van der Waals surface area contributed by atoms with Crippen LogP contribution in [0.2, 0.25) is 0 Å². The number of morpholine rings is 1. The summed E-state index contributed by atoms with van der Waals surface area (Å²) in [5.41, 5.74) is 2.90. The minimum absolute atomic E-state index is 0.237. The van der Waals surface area contributed by atoms with Gasteiger partial charge in [-0.05, 0) is 83.3 Å². The molecule has 2 saturated heterocycles. The number of hydrogen-bond donors (Lipinski definition) is 1. The number of nitrogens with one attached hydrogen (secondary N) is 1. The van der Waals surface area contributed by atoms with Crippen molar-refractivity contribution in [1.82, 2.24) is 25.0 Å². The van der Waals surface area contributed by atoms with Gasteiger partial charge in [0, 0.05) is 81.6 Å². The van der Waals surface area contributed by atoms with Crippen LogP contribution in [0, 0.1) is 5.82 Å². The Kier molecular flexibility index (Phi) is 13.9. The molecule has 4 heterocycles. The summed E-state index contributed by atoms with van der Waals surface area (Å²) in [4.78, 5) is 22.0. The number of halogens is 2. The lowest BCUT2D eigenvalue weighted by atomic mass is 10.0. The first-order valence-corrected chi connectivity index (χ1v) is 17.5. The predicted octanol–water partition coefficient (Wildman–Crippen LogP) is 5.07. The summed E-state index contributed by atoms with van der Waals surface area (Å²) in [6.07, 6.45) is 7.24.